The largest absolute Gasteiger partial charge is 0.368 e. The first kappa shape index (κ1) is 26.2. The molecule has 36 heavy (non-hydrogen) atoms. The van der Waals surface area contributed by atoms with Crippen LogP contribution in [0.5, 0.6) is 0 Å². The summed E-state index contributed by atoms with van der Waals surface area (Å²) < 4.78 is 16.5. The molecule has 7 nitrogen and oxygen atoms in total. The summed E-state index contributed by atoms with van der Waals surface area (Å²) >= 11 is 0. The minimum Gasteiger partial charge on any atom is -0.368 e. The number of likely N-dealkylation sites (tertiary alicyclic amines) is 1. The van der Waals surface area contributed by atoms with Crippen molar-refractivity contribution in [1.82, 2.24) is 14.0 Å². The highest BCUT2D eigenvalue weighted by atomic mass is 16.6. The van der Waals surface area contributed by atoms with Crippen LogP contribution in [-0.4, -0.2) is 55.9 Å². The number of aromatic nitrogens is 2. The number of hydrogen-bond acceptors (Lipinski definition) is 4. The Bertz CT molecular complexity index is 1260. The number of amides is 1. The van der Waals surface area contributed by atoms with Crippen LogP contribution < -0.4 is 5.62 Å². The smallest absolute Gasteiger partial charge is 0.243 e. The molecule has 1 amide bonds. The molecule has 1 aromatic heterocycles. The summed E-state index contributed by atoms with van der Waals surface area (Å²) in [5, 5.41) is 8.96. The molecule has 1 saturated heterocycles. The molecule has 2 heterocycles. The normalized spacial score (nSPS) is 20.9. The van der Waals surface area contributed by atoms with Crippen molar-refractivity contribution in [3.63, 3.8) is 0 Å². The molecule has 3 aromatic rings. The maximum absolute atomic E-state index is 13.7. The van der Waals surface area contributed by atoms with Crippen molar-refractivity contribution in [2.75, 3.05) is 6.54 Å². The molecule has 4 rings (SSSR count). The van der Waals surface area contributed by atoms with Crippen molar-refractivity contribution in [3.05, 3.63) is 65.8 Å². The van der Waals surface area contributed by atoms with E-state index in [-0.39, 0.29) is 41.9 Å². The first-order valence-electron chi connectivity index (χ1n) is 12.8. The van der Waals surface area contributed by atoms with Crippen LogP contribution in [0.3, 0.4) is 0 Å². The van der Waals surface area contributed by atoms with E-state index in [1.54, 1.807) is 0 Å². The van der Waals surface area contributed by atoms with Crippen LogP contribution in [0.2, 0.25) is 0 Å². The fourth-order valence-electron chi connectivity index (χ4n) is 5.03. The highest BCUT2D eigenvalue weighted by molar-refractivity contribution is 5.81. The molecule has 7 heteroatoms. The van der Waals surface area contributed by atoms with Gasteiger partial charge in [-0.25, -0.2) is 0 Å². The summed E-state index contributed by atoms with van der Waals surface area (Å²) in [5.41, 5.74) is 2.54. The number of carbonyl (C=O) groups is 1. The number of nitrogens with one attached hydrogen (secondary N) is 1. The third-order valence-corrected chi connectivity index (χ3v) is 6.48. The second-order valence-electron chi connectivity index (χ2n) is 11.7. The second kappa shape index (κ2) is 9.87. The van der Waals surface area contributed by atoms with Gasteiger partial charge in [-0.05, 0) is 66.2 Å². The summed E-state index contributed by atoms with van der Waals surface area (Å²) in [6, 6.07) is 17.9. The van der Waals surface area contributed by atoms with Gasteiger partial charge >= 0.3 is 0 Å². The lowest BCUT2D eigenvalue weighted by Crippen LogP contribution is -2.44. The Labute approximate surface area is 214 Å². The van der Waals surface area contributed by atoms with E-state index < -0.39 is 0 Å². The number of imidazole rings is 1. The number of hydrogen-bond donors (Lipinski definition) is 1. The van der Waals surface area contributed by atoms with Gasteiger partial charge in [0, 0.05) is 6.54 Å². The molecule has 194 valence electrons. The number of nitrogens with zero attached hydrogens (tertiary/aromatic N) is 3. The van der Waals surface area contributed by atoms with Crippen LogP contribution in [0.15, 0.2) is 54.6 Å². The number of para-hydroxylation sites is 2. The highest BCUT2D eigenvalue weighted by Crippen LogP contribution is 2.30. The molecule has 3 unspecified atom stereocenters. The van der Waals surface area contributed by atoms with E-state index in [1.807, 2.05) is 105 Å². The Morgan fingerprint density at radius 3 is 2.03 bits per heavy atom. The topological polar surface area (TPSA) is 72.5 Å². The lowest BCUT2D eigenvalue weighted by Gasteiger charge is -2.33. The molecule has 0 saturated carbocycles. The van der Waals surface area contributed by atoms with Crippen LogP contribution in [0.4, 0.5) is 0 Å². The summed E-state index contributed by atoms with van der Waals surface area (Å²) in [7, 11) is 0. The van der Waals surface area contributed by atoms with Crippen LogP contribution in [0, 0.1) is 5.41 Å². The van der Waals surface area contributed by atoms with Crippen molar-refractivity contribution in [2.24, 2.45) is 0 Å². The van der Waals surface area contributed by atoms with E-state index in [2.05, 4.69) is 12.1 Å². The molecule has 1 aliphatic heterocycles. The van der Waals surface area contributed by atoms with Crippen molar-refractivity contribution < 1.29 is 14.3 Å². The first-order valence-corrected chi connectivity index (χ1v) is 12.8. The maximum Gasteiger partial charge on any atom is 0.243 e. The number of benzene rings is 2. The standard InChI is InChI=1S/C29H40N4O3/c1-20-26(36-29(5,6)7)24(35-28(2,3)4)18-31(20)25(34)19-33-23-16-12-11-15-22(23)32(27(33)30)17-21-13-9-8-10-14-21/h8-16,20,24,26,30H,17-19H2,1-7H3. The van der Waals surface area contributed by atoms with Crippen LogP contribution >= 0.6 is 0 Å². The van der Waals surface area contributed by atoms with E-state index in [0.29, 0.717) is 18.7 Å². The number of carbonyl (C=O) groups excluding carboxylic acids is 1. The van der Waals surface area contributed by atoms with Gasteiger partial charge in [-0.15, -0.1) is 0 Å². The molecule has 0 spiro atoms. The van der Waals surface area contributed by atoms with E-state index in [9.17, 15) is 4.79 Å². The Balaban J connectivity index is 1.63. The van der Waals surface area contributed by atoms with Crippen LogP contribution in [-0.2, 0) is 27.4 Å². The predicted molar refractivity (Wildman–Crippen MR) is 142 cm³/mol. The molecule has 1 fully saturated rings. The minimum absolute atomic E-state index is 0.0360. The molecule has 0 aliphatic carbocycles. The third-order valence-electron chi connectivity index (χ3n) is 6.48. The van der Waals surface area contributed by atoms with Gasteiger partial charge in [-0.2, -0.15) is 0 Å². The van der Waals surface area contributed by atoms with Crippen molar-refractivity contribution in [3.8, 4) is 0 Å². The quantitative estimate of drug-likeness (QED) is 0.548. The van der Waals surface area contributed by atoms with Gasteiger partial charge in [0.15, 0.2) is 0 Å². The van der Waals surface area contributed by atoms with Crippen molar-refractivity contribution in [2.45, 2.75) is 91.0 Å². The van der Waals surface area contributed by atoms with Crippen molar-refractivity contribution >= 4 is 16.9 Å². The van der Waals surface area contributed by atoms with Crippen LogP contribution in [0.1, 0.15) is 54.0 Å². The lowest BCUT2D eigenvalue weighted by atomic mass is 10.1. The van der Waals surface area contributed by atoms with Gasteiger partial charge in [0.2, 0.25) is 11.5 Å². The van der Waals surface area contributed by atoms with Gasteiger partial charge in [0.05, 0.1) is 34.8 Å². The van der Waals surface area contributed by atoms with E-state index in [4.69, 9.17) is 14.9 Å². The van der Waals surface area contributed by atoms with Crippen LogP contribution in [0.25, 0.3) is 11.0 Å². The monoisotopic (exact) mass is 492 g/mol. The van der Waals surface area contributed by atoms with Gasteiger partial charge in [0.25, 0.3) is 0 Å². The Hall–Kier alpha value is -2.90. The summed E-state index contributed by atoms with van der Waals surface area (Å²) in [4.78, 5) is 15.6. The molecule has 1 N–H and O–H groups in total. The fraction of sp³-hybridized carbons (Fsp3) is 0.517. The fourth-order valence-corrected chi connectivity index (χ4v) is 5.03. The van der Waals surface area contributed by atoms with Crippen molar-refractivity contribution in [1.29, 1.82) is 5.41 Å². The average Bonchev–Trinajstić information content (AvgIpc) is 3.22. The minimum atomic E-state index is -0.356. The van der Waals surface area contributed by atoms with Gasteiger partial charge in [-0.3, -0.25) is 10.2 Å². The highest BCUT2D eigenvalue weighted by Gasteiger charge is 2.46. The summed E-state index contributed by atoms with van der Waals surface area (Å²) in [6.45, 7) is 15.3. The predicted octanol–water partition coefficient (Wildman–Crippen LogP) is 4.57. The first-order chi connectivity index (χ1) is 16.8. The lowest BCUT2D eigenvalue weighted by molar-refractivity contribution is -0.150. The Morgan fingerprint density at radius 2 is 1.44 bits per heavy atom. The summed E-state index contributed by atoms with van der Waals surface area (Å²) in [6.07, 6.45) is -0.448. The van der Waals surface area contributed by atoms with E-state index >= 15 is 0 Å². The zero-order chi connectivity index (χ0) is 26.3. The zero-order valence-electron chi connectivity index (χ0n) is 22.6. The van der Waals surface area contributed by atoms with Gasteiger partial charge in [-0.1, -0.05) is 42.5 Å². The van der Waals surface area contributed by atoms with Gasteiger partial charge in [0.1, 0.15) is 18.8 Å². The van der Waals surface area contributed by atoms with E-state index in [0.717, 1.165) is 16.6 Å². The Morgan fingerprint density at radius 1 is 0.889 bits per heavy atom. The molecular weight excluding hydrogens is 452 g/mol. The number of ether oxygens (including phenoxy) is 2. The maximum atomic E-state index is 13.7. The molecule has 2 aromatic carbocycles. The second-order valence-corrected chi connectivity index (χ2v) is 11.7. The Kier molecular flexibility index (Phi) is 7.17. The molecule has 3 atom stereocenters. The molecular formula is C29H40N4O3. The molecule has 0 bridgehead atoms. The summed E-state index contributed by atoms with van der Waals surface area (Å²) in [5.74, 6) is -0.0360. The van der Waals surface area contributed by atoms with E-state index in [1.165, 1.54) is 0 Å². The average molecular weight is 493 g/mol. The number of fused-ring (bicyclic) bond motifs is 1. The number of rotatable bonds is 6. The van der Waals surface area contributed by atoms with Gasteiger partial charge < -0.3 is 23.5 Å². The third kappa shape index (κ3) is 5.73. The molecule has 0 radical (unpaired) electrons. The SMILES string of the molecule is CC1C(OC(C)(C)C)C(OC(C)(C)C)CN1C(=O)Cn1c(=N)n(Cc2ccccc2)c2ccccc21. The molecule has 1 aliphatic rings. The zero-order valence-corrected chi connectivity index (χ0v) is 22.6.